The Balaban J connectivity index is 1.62. The first kappa shape index (κ1) is 17.1. The van der Waals surface area contributed by atoms with E-state index in [1.165, 1.54) is 0 Å². The van der Waals surface area contributed by atoms with Gasteiger partial charge in [0, 0.05) is 12.0 Å². The van der Waals surface area contributed by atoms with Crippen molar-refractivity contribution >= 4 is 5.91 Å². The van der Waals surface area contributed by atoms with Gasteiger partial charge in [0.15, 0.2) is 11.5 Å². The molecule has 0 spiro atoms. The summed E-state index contributed by atoms with van der Waals surface area (Å²) in [5.74, 6) is 1.38. The lowest BCUT2D eigenvalue weighted by Gasteiger charge is -2.28. The second kappa shape index (κ2) is 7.01. The number of benzene rings is 1. The van der Waals surface area contributed by atoms with Gasteiger partial charge in [-0.3, -0.25) is 4.79 Å². The Morgan fingerprint density at radius 2 is 1.92 bits per heavy atom. The molecular formula is C19H27NO4. The van der Waals surface area contributed by atoms with Gasteiger partial charge in [0.25, 0.3) is 0 Å². The number of hydrogen-bond donors (Lipinski definition) is 2. The fraction of sp³-hybridized carbons (Fsp3) is 0.632. The fourth-order valence-electron chi connectivity index (χ4n) is 3.47. The molecular weight excluding hydrogens is 306 g/mol. The van der Waals surface area contributed by atoms with Gasteiger partial charge in [-0.15, -0.1) is 0 Å². The maximum atomic E-state index is 12.2. The molecule has 1 aromatic carbocycles. The normalized spacial score (nSPS) is 19.1. The van der Waals surface area contributed by atoms with Crippen LogP contribution in [0.4, 0.5) is 0 Å². The number of aliphatic hydroxyl groups excluding tert-OH is 1. The Morgan fingerprint density at radius 3 is 2.62 bits per heavy atom. The van der Waals surface area contributed by atoms with Gasteiger partial charge in [-0.25, -0.2) is 0 Å². The Morgan fingerprint density at radius 1 is 1.25 bits per heavy atom. The summed E-state index contributed by atoms with van der Waals surface area (Å²) in [6, 6.07) is 5.90. The number of carbonyl (C=O) groups is 1. The highest BCUT2D eigenvalue weighted by Crippen LogP contribution is 2.35. The molecule has 1 atom stereocenters. The van der Waals surface area contributed by atoms with Gasteiger partial charge in [-0.05, 0) is 36.5 Å². The molecule has 132 valence electrons. The first-order chi connectivity index (χ1) is 11.5. The van der Waals surface area contributed by atoms with Crippen LogP contribution in [-0.4, -0.2) is 36.9 Å². The predicted molar refractivity (Wildman–Crippen MR) is 91.4 cm³/mol. The van der Waals surface area contributed by atoms with E-state index < -0.39 is 6.10 Å². The average molecular weight is 333 g/mol. The second-order valence-corrected chi connectivity index (χ2v) is 7.45. The lowest BCUT2D eigenvalue weighted by molar-refractivity contribution is -0.132. The quantitative estimate of drug-likeness (QED) is 0.868. The molecule has 2 aliphatic rings. The molecule has 3 rings (SSSR count). The van der Waals surface area contributed by atoms with Gasteiger partial charge >= 0.3 is 0 Å². The van der Waals surface area contributed by atoms with Crippen molar-refractivity contribution in [3.05, 3.63) is 23.8 Å². The zero-order valence-electron chi connectivity index (χ0n) is 14.5. The van der Waals surface area contributed by atoms with Crippen molar-refractivity contribution in [1.82, 2.24) is 5.32 Å². The van der Waals surface area contributed by atoms with E-state index in [9.17, 15) is 9.90 Å². The van der Waals surface area contributed by atoms with Gasteiger partial charge in [0.1, 0.15) is 19.3 Å². The van der Waals surface area contributed by atoms with Crippen LogP contribution < -0.4 is 14.8 Å². The first-order valence-electron chi connectivity index (χ1n) is 8.83. The monoisotopic (exact) mass is 333 g/mol. The van der Waals surface area contributed by atoms with Crippen LogP contribution in [0.2, 0.25) is 0 Å². The second-order valence-electron chi connectivity index (χ2n) is 7.45. The number of hydrogen-bond acceptors (Lipinski definition) is 4. The van der Waals surface area contributed by atoms with E-state index in [2.05, 4.69) is 19.2 Å². The zero-order chi connectivity index (χ0) is 17.2. The molecule has 1 aromatic rings. The van der Waals surface area contributed by atoms with Crippen LogP contribution >= 0.6 is 0 Å². The zero-order valence-corrected chi connectivity index (χ0v) is 14.5. The third-order valence-electron chi connectivity index (χ3n) is 5.14. The third kappa shape index (κ3) is 3.66. The molecule has 1 aliphatic heterocycles. The predicted octanol–water partition coefficient (Wildman–Crippen LogP) is 2.40. The Bertz CT molecular complexity index is 593. The molecule has 0 aromatic heterocycles. The lowest BCUT2D eigenvalue weighted by Crippen LogP contribution is -2.44. The number of nitrogens with one attached hydrogen (secondary N) is 1. The van der Waals surface area contributed by atoms with Gasteiger partial charge < -0.3 is 19.9 Å². The summed E-state index contributed by atoms with van der Waals surface area (Å²) in [6.45, 7) is 5.74. The molecule has 1 heterocycles. The van der Waals surface area contributed by atoms with Gasteiger partial charge in [0.05, 0.1) is 0 Å². The highest BCUT2D eigenvalue weighted by atomic mass is 16.6. The van der Waals surface area contributed by atoms with Crippen molar-refractivity contribution < 1.29 is 19.4 Å². The summed E-state index contributed by atoms with van der Waals surface area (Å²) in [7, 11) is 0. The van der Waals surface area contributed by atoms with Crippen molar-refractivity contribution in [3.63, 3.8) is 0 Å². The molecule has 1 saturated carbocycles. The van der Waals surface area contributed by atoms with E-state index in [1.807, 2.05) is 18.2 Å². The van der Waals surface area contributed by atoms with Crippen molar-refractivity contribution in [1.29, 1.82) is 0 Å². The lowest BCUT2D eigenvalue weighted by atomic mass is 9.84. The van der Waals surface area contributed by atoms with E-state index in [1.54, 1.807) is 0 Å². The maximum absolute atomic E-state index is 12.2. The van der Waals surface area contributed by atoms with Crippen molar-refractivity contribution in [2.45, 2.75) is 51.0 Å². The minimum Gasteiger partial charge on any atom is -0.486 e. The summed E-state index contributed by atoms with van der Waals surface area (Å²) in [4.78, 5) is 12.2. The number of amides is 1. The SMILES string of the molecule is CC(C)(CNC(=O)[C@H](O)C1CCCC1)c1ccc2c(c1)OCCO2. The smallest absolute Gasteiger partial charge is 0.249 e. The standard InChI is InChI=1S/C19H27NO4/c1-19(2,12-20-18(22)17(21)13-5-3-4-6-13)14-7-8-15-16(11-14)24-10-9-23-15/h7-8,11,13,17,21H,3-6,9-10,12H2,1-2H3,(H,20,22)/t17-/m1/s1. The molecule has 5 heteroatoms. The summed E-state index contributed by atoms with van der Waals surface area (Å²) in [5, 5.41) is 13.1. The molecule has 1 amide bonds. The molecule has 1 aliphatic carbocycles. The summed E-state index contributed by atoms with van der Waals surface area (Å²) in [5.41, 5.74) is 0.809. The first-order valence-corrected chi connectivity index (χ1v) is 8.83. The fourth-order valence-corrected chi connectivity index (χ4v) is 3.47. The molecule has 2 N–H and O–H groups in total. The maximum Gasteiger partial charge on any atom is 0.249 e. The largest absolute Gasteiger partial charge is 0.486 e. The van der Waals surface area contributed by atoms with Crippen LogP contribution in [0.1, 0.15) is 45.1 Å². The van der Waals surface area contributed by atoms with Gasteiger partial charge in [-0.1, -0.05) is 32.8 Å². The van der Waals surface area contributed by atoms with Crippen molar-refractivity contribution in [3.8, 4) is 11.5 Å². The van der Waals surface area contributed by atoms with Gasteiger partial charge in [0.2, 0.25) is 5.91 Å². The molecule has 24 heavy (non-hydrogen) atoms. The minimum absolute atomic E-state index is 0.113. The van der Waals surface area contributed by atoms with E-state index in [0.29, 0.717) is 19.8 Å². The molecule has 0 saturated heterocycles. The highest BCUT2D eigenvalue weighted by Gasteiger charge is 2.30. The summed E-state index contributed by atoms with van der Waals surface area (Å²) in [6.07, 6.45) is 3.22. The molecule has 0 unspecified atom stereocenters. The van der Waals surface area contributed by atoms with E-state index >= 15 is 0 Å². The number of ether oxygens (including phenoxy) is 2. The van der Waals surface area contributed by atoms with Crippen LogP contribution in [-0.2, 0) is 10.2 Å². The molecule has 0 radical (unpaired) electrons. The molecule has 0 bridgehead atoms. The van der Waals surface area contributed by atoms with Crippen molar-refractivity contribution in [2.24, 2.45) is 5.92 Å². The van der Waals surface area contributed by atoms with Crippen molar-refractivity contribution in [2.75, 3.05) is 19.8 Å². The van der Waals surface area contributed by atoms with E-state index in [4.69, 9.17) is 9.47 Å². The van der Waals surface area contributed by atoms with Gasteiger partial charge in [-0.2, -0.15) is 0 Å². The van der Waals surface area contributed by atoms with Crippen LogP contribution in [0.15, 0.2) is 18.2 Å². The van der Waals surface area contributed by atoms with Crippen LogP contribution in [0.5, 0.6) is 11.5 Å². The van der Waals surface area contributed by atoms with E-state index in [0.717, 1.165) is 42.7 Å². The Kier molecular flexibility index (Phi) is 4.99. The van der Waals surface area contributed by atoms with Crippen LogP contribution in [0.25, 0.3) is 0 Å². The van der Waals surface area contributed by atoms with E-state index in [-0.39, 0.29) is 17.2 Å². The third-order valence-corrected chi connectivity index (χ3v) is 5.14. The molecule has 5 nitrogen and oxygen atoms in total. The average Bonchev–Trinajstić information content (AvgIpc) is 3.13. The van der Waals surface area contributed by atoms with Crippen LogP contribution in [0, 0.1) is 5.92 Å². The highest BCUT2D eigenvalue weighted by molar-refractivity contribution is 5.81. The topological polar surface area (TPSA) is 67.8 Å². The summed E-state index contributed by atoms with van der Waals surface area (Å²) >= 11 is 0. The summed E-state index contributed by atoms with van der Waals surface area (Å²) < 4.78 is 11.2. The number of carbonyl (C=O) groups excluding carboxylic acids is 1. The number of fused-ring (bicyclic) bond motifs is 1. The minimum atomic E-state index is -0.886. The van der Waals surface area contributed by atoms with Crippen LogP contribution in [0.3, 0.4) is 0 Å². The Labute approximate surface area is 143 Å². The molecule has 1 fully saturated rings. The number of rotatable bonds is 5. The Hall–Kier alpha value is -1.75. The number of aliphatic hydroxyl groups is 1.